The van der Waals surface area contributed by atoms with Crippen molar-refractivity contribution in [3.05, 3.63) is 47.0 Å². The second-order valence-corrected chi connectivity index (χ2v) is 11.1. The van der Waals surface area contributed by atoms with Gasteiger partial charge in [0.1, 0.15) is 0 Å². The van der Waals surface area contributed by atoms with Gasteiger partial charge in [-0.2, -0.15) is 0 Å². The topological polar surface area (TPSA) is 113 Å². The second kappa shape index (κ2) is 6.89. The minimum absolute atomic E-state index is 0.00453. The minimum Gasteiger partial charge on any atom is -0.325 e. The number of anilines is 3. The molecule has 2 N–H and O–H groups in total. The first-order valence-electron chi connectivity index (χ1n) is 8.86. The highest BCUT2D eigenvalue weighted by Crippen LogP contribution is 2.36. The van der Waals surface area contributed by atoms with Gasteiger partial charge in [-0.05, 0) is 55.3 Å². The summed E-state index contributed by atoms with van der Waals surface area (Å²) >= 11 is 6.16. The number of fused-ring (bicyclic) bond motifs is 1. The molecule has 11 heteroatoms. The van der Waals surface area contributed by atoms with E-state index in [2.05, 4.69) is 10.0 Å². The average Bonchev–Trinajstić information content (AvgIpc) is 3.15. The van der Waals surface area contributed by atoms with Gasteiger partial charge in [-0.3, -0.25) is 13.8 Å². The van der Waals surface area contributed by atoms with Crippen molar-refractivity contribution < 1.29 is 21.6 Å². The molecule has 2 aromatic rings. The smallest absolute Gasteiger partial charge is 0.261 e. The third kappa shape index (κ3) is 3.56. The number of rotatable bonds is 4. The quantitative estimate of drug-likeness (QED) is 0.736. The minimum atomic E-state index is -3.96. The lowest BCUT2D eigenvalue weighted by atomic mass is 10.0. The van der Waals surface area contributed by atoms with Gasteiger partial charge in [0.2, 0.25) is 15.9 Å². The molecule has 2 aliphatic rings. The van der Waals surface area contributed by atoms with Gasteiger partial charge in [0.15, 0.2) is 0 Å². The Bertz CT molecular complexity index is 1230. The van der Waals surface area contributed by atoms with Crippen LogP contribution < -0.4 is 14.3 Å². The van der Waals surface area contributed by atoms with Crippen LogP contribution in [0.15, 0.2) is 41.3 Å². The number of sulfonamides is 2. The van der Waals surface area contributed by atoms with E-state index in [0.29, 0.717) is 24.2 Å². The molecule has 29 heavy (non-hydrogen) atoms. The molecule has 1 saturated heterocycles. The molecule has 1 amide bonds. The largest absolute Gasteiger partial charge is 0.325 e. The molecule has 0 saturated carbocycles. The molecule has 0 bridgehead atoms. The lowest BCUT2D eigenvalue weighted by Gasteiger charge is -2.19. The van der Waals surface area contributed by atoms with E-state index >= 15 is 0 Å². The summed E-state index contributed by atoms with van der Waals surface area (Å²) in [7, 11) is -7.42. The van der Waals surface area contributed by atoms with Crippen molar-refractivity contribution in [2.75, 3.05) is 26.6 Å². The van der Waals surface area contributed by atoms with Gasteiger partial charge in [-0.15, -0.1) is 0 Å². The molecule has 0 aromatic heterocycles. The highest BCUT2D eigenvalue weighted by molar-refractivity contribution is 7.93. The molecule has 2 aliphatic heterocycles. The van der Waals surface area contributed by atoms with Crippen LogP contribution in [0.3, 0.4) is 0 Å². The van der Waals surface area contributed by atoms with E-state index in [1.165, 1.54) is 34.6 Å². The molecule has 8 nitrogen and oxygen atoms in total. The Labute approximate surface area is 174 Å². The van der Waals surface area contributed by atoms with Crippen LogP contribution in [-0.4, -0.2) is 35.0 Å². The Morgan fingerprint density at radius 2 is 1.97 bits per heavy atom. The van der Waals surface area contributed by atoms with E-state index in [0.717, 1.165) is 0 Å². The predicted octanol–water partition coefficient (Wildman–Crippen LogP) is 2.74. The van der Waals surface area contributed by atoms with E-state index in [1.807, 2.05) is 0 Å². The summed E-state index contributed by atoms with van der Waals surface area (Å²) in [6.45, 7) is 1.99. The number of hydrogen-bond acceptors (Lipinski definition) is 5. The van der Waals surface area contributed by atoms with Crippen LogP contribution >= 0.6 is 11.6 Å². The van der Waals surface area contributed by atoms with E-state index in [9.17, 15) is 21.6 Å². The number of carbonyl (C=O) groups excluding carboxylic acids is 1. The number of halogens is 1. The summed E-state index contributed by atoms with van der Waals surface area (Å²) in [5.74, 6) is -0.598. The zero-order valence-electron chi connectivity index (χ0n) is 15.3. The summed E-state index contributed by atoms with van der Waals surface area (Å²) in [6, 6.07) is 8.74. The van der Waals surface area contributed by atoms with Crippen molar-refractivity contribution in [1.82, 2.24) is 0 Å². The molecule has 0 spiro atoms. The number of amides is 1. The normalized spacial score (nSPS) is 20.4. The van der Waals surface area contributed by atoms with Crippen LogP contribution in [-0.2, 0) is 24.8 Å². The van der Waals surface area contributed by atoms with Crippen LogP contribution in [0.5, 0.6) is 0 Å². The van der Waals surface area contributed by atoms with Crippen LogP contribution in [0.25, 0.3) is 0 Å². The lowest BCUT2D eigenvalue weighted by Crippen LogP contribution is -2.25. The first kappa shape index (κ1) is 20.0. The summed E-state index contributed by atoms with van der Waals surface area (Å²) < 4.78 is 53.7. The second-order valence-electron chi connectivity index (χ2n) is 6.97. The summed E-state index contributed by atoms with van der Waals surface area (Å²) in [6.07, 6.45) is 0.481. The van der Waals surface area contributed by atoms with Gasteiger partial charge in [0, 0.05) is 12.2 Å². The monoisotopic (exact) mass is 455 g/mol. The fourth-order valence-electron chi connectivity index (χ4n) is 3.45. The van der Waals surface area contributed by atoms with E-state index in [1.54, 1.807) is 13.0 Å². The number of benzene rings is 2. The maximum absolute atomic E-state index is 12.9. The molecule has 1 fully saturated rings. The van der Waals surface area contributed by atoms with E-state index in [-0.39, 0.29) is 33.0 Å². The van der Waals surface area contributed by atoms with Crippen LogP contribution in [0.2, 0.25) is 5.02 Å². The SMILES string of the molecule is C[C@@H]1C(=O)Nc2ccc(S(=O)(=O)Nc3ccc(Cl)c(N4CCCS4(=O)=O)c3)cc21. The molecular weight excluding hydrogens is 438 g/mol. The maximum atomic E-state index is 12.9. The number of nitrogens with zero attached hydrogens (tertiary/aromatic N) is 1. The number of nitrogens with one attached hydrogen (secondary N) is 2. The molecule has 0 aliphatic carbocycles. The van der Waals surface area contributed by atoms with Gasteiger partial charge in [0.05, 0.1) is 33.0 Å². The Hall–Kier alpha value is -2.30. The Morgan fingerprint density at radius 3 is 2.66 bits per heavy atom. The molecule has 0 unspecified atom stereocenters. The van der Waals surface area contributed by atoms with Crippen molar-refractivity contribution in [3.63, 3.8) is 0 Å². The van der Waals surface area contributed by atoms with Crippen molar-refractivity contribution in [1.29, 1.82) is 0 Å². The van der Waals surface area contributed by atoms with Gasteiger partial charge < -0.3 is 5.32 Å². The first-order chi connectivity index (χ1) is 13.6. The highest BCUT2D eigenvalue weighted by atomic mass is 35.5. The van der Waals surface area contributed by atoms with E-state index < -0.39 is 26.0 Å². The predicted molar refractivity (Wildman–Crippen MR) is 111 cm³/mol. The number of hydrogen-bond donors (Lipinski definition) is 2. The van der Waals surface area contributed by atoms with Crippen LogP contribution in [0.1, 0.15) is 24.8 Å². The zero-order chi connectivity index (χ0) is 21.0. The Balaban J connectivity index is 1.66. The Morgan fingerprint density at radius 1 is 1.21 bits per heavy atom. The number of carbonyl (C=O) groups is 1. The molecule has 2 heterocycles. The molecule has 4 rings (SSSR count). The van der Waals surface area contributed by atoms with Gasteiger partial charge in [-0.1, -0.05) is 11.6 Å². The molecule has 154 valence electrons. The molecule has 0 radical (unpaired) electrons. The summed E-state index contributed by atoms with van der Waals surface area (Å²) in [5, 5.41) is 2.91. The Kier molecular flexibility index (Phi) is 4.75. The first-order valence-corrected chi connectivity index (χ1v) is 12.3. The molecule has 2 aromatic carbocycles. The van der Waals surface area contributed by atoms with Crippen molar-refractivity contribution >= 4 is 54.6 Å². The van der Waals surface area contributed by atoms with Crippen molar-refractivity contribution in [2.24, 2.45) is 0 Å². The van der Waals surface area contributed by atoms with Crippen LogP contribution in [0.4, 0.5) is 17.1 Å². The third-order valence-electron chi connectivity index (χ3n) is 5.02. The maximum Gasteiger partial charge on any atom is 0.261 e. The zero-order valence-corrected chi connectivity index (χ0v) is 17.7. The molecule has 1 atom stereocenters. The van der Waals surface area contributed by atoms with E-state index in [4.69, 9.17) is 11.6 Å². The van der Waals surface area contributed by atoms with Crippen LogP contribution in [0, 0.1) is 0 Å². The third-order valence-corrected chi connectivity index (χ3v) is 8.57. The lowest BCUT2D eigenvalue weighted by molar-refractivity contribution is -0.116. The van der Waals surface area contributed by atoms with Crippen molar-refractivity contribution in [3.8, 4) is 0 Å². The standard InChI is InChI=1S/C18H18ClN3O5S2/c1-11-14-10-13(4-6-16(14)20-18(11)23)29(26,27)21-12-3-5-15(19)17(9-12)22-7-2-8-28(22,24)25/h3-6,9-11,21H,2,7-8H2,1H3,(H,20,23)/t11-/m0/s1. The summed E-state index contributed by atoms with van der Waals surface area (Å²) in [4.78, 5) is 11.8. The van der Waals surface area contributed by atoms with Gasteiger partial charge in [-0.25, -0.2) is 16.8 Å². The molecular formula is C18H18ClN3O5S2. The van der Waals surface area contributed by atoms with Gasteiger partial charge in [0.25, 0.3) is 10.0 Å². The van der Waals surface area contributed by atoms with Crippen molar-refractivity contribution in [2.45, 2.75) is 24.2 Å². The average molecular weight is 456 g/mol. The van der Waals surface area contributed by atoms with Gasteiger partial charge >= 0.3 is 0 Å². The fraction of sp³-hybridized carbons (Fsp3) is 0.278. The fourth-order valence-corrected chi connectivity index (χ4v) is 6.38. The highest BCUT2D eigenvalue weighted by Gasteiger charge is 2.31. The summed E-state index contributed by atoms with van der Waals surface area (Å²) in [5.41, 5.74) is 1.63.